The highest BCUT2D eigenvalue weighted by Gasteiger charge is 2.21. The SMILES string of the molecule is Nc1[nH]c(=O)ncc1C(=O)NC(CO)C(=O)O. The molecule has 0 aromatic carbocycles. The number of carboxylic acids is 1. The van der Waals surface area contributed by atoms with E-state index in [1.165, 1.54) is 0 Å². The van der Waals surface area contributed by atoms with Crippen LogP contribution in [0, 0.1) is 0 Å². The number of aliphatic carboxylic acids is 1. The van der Waals surface area contributed by atoms with Crippen LogP contribution in [-0.4, -0.2) is 44.7 Å². The second kappa shape index (κ2) is 5.07. The average Bonchev–Trinajstić information content (AvgIpc) is 2.24. The lowest BCUT2D eigenvalue weighted by atomic mass is 10.2. The van der Waals surface area contributed by atoms with Crippen molar-refractivity contribution < 1.29 is 19.8 Å². The van der Waals surface area contributed by atoms with Gasteiger partial charge in [-0.2, -0.15) is 0 Å². The van der Waals surface area contributed by atoms with Crippen LogP contribution >= 0.6 is 0 Å². The van der Waals surface area contributed by atoms with E-state index in [1.807, 2.05) is 5.32 Å². The number of aliphatic hydroxyl groups excluding tert-OH is 1. The van der Waals surface area contributed by atoms with E-state index in [0.29, 0.717) is 0 Å². The summed E-state index contributed by atoms with van der Waals surface area (Å²) in [6, 6.07) is -1.45. The number of aromatic amines is 1. The number of hydrogen-bond donors (Lipinski definition) is 5. The van der Waals surface area contributed by atoms with Gasteiger partial charge in [0.05, 0.1) is 12.2 Å². The number of carboxylic acid groups (broad SMARTS) is 1. The number of aromatic nitrogens is 2. The molecular formula is C8H10N4O5. The van der Waals surface area contributed by atoms with Crippen LogP contribution < -0.4 is 16.7 Å². The maximum Gasteiger partial charge on any atom is 0.346 e. The molecule has 0 saturated carbocycles. The molecule has 1 aromatic rings. The van der Waals surface area contributed by atoms with Crippen molar-refractivity contribution in [1.82, 2.24) is 15.3 Å². The lowest BCUT2D eigenvalue weighted by molar-refractivity contribution is -0.140. The van der Waals surface area contributed by atoms with E-state index in [4.69, 9.17) is 15.9 Å². The van der Waals surface area contributed by atoms with Crippen LogP contribution in [0.4, 0.5) is 5.82 Å². The third-order valence-electron chi connectivity index (χ3n) is 1.87. The standard InChI is InChI=1S/C8H10N4O5/c9-5-3(1-10-8(17)12-5)6(14)11-4(2-13)7(15)16/h1,4,13H,2H2,(H,11,14)(H,15,16)(H3,9,10,12,17). The Morgan fingerprint density at radius 3 is 2.71 bits per heavy atom. The zero-order valence-electron chi connectivity index (χ0n) is 8.51. The van der Waals surface area contributed by atoms with E-state index < -0.39 is 30.2 Å². The molecule has 0 aliphatic heterocycles. The minimum Gasteiger partial charge on any atom is -0.480 e. The fourth-order valence-electron chi connectivity index (χ4n) is 1.01. The molecule has 92 valence electrons. The molecule has 1 aromatic heterocycles. The summed E-state index contributed by atoms with van der Waals surface area (Å²) in [4.78, 5) is 38.2. The first kappa shape index (κ1) is 12.6. The second-order valence-electron chi connectivity index (χ2n) is 3.06. The predicted octanol–water partition coefficient (Wildman–Crippen LogP) is -2.47. The Morgan fingerprint density at radius 2 is 2.24 bits per heavy atom. The molecule has 0 radical (unpaired) electrons. The molecule has 0 bridgehead atoms. The molecule has 0 saturated heterocycles. The summed E-state index contributed by atoms with van der Waals surface area (Å²) in [7, 11) is 0. The number of nitrogens with zero attached hydrogens (tertiary/aromatic N) is 1. The molecule has 1 atom stereocenters. The highest BCUT2D eigenvalue weighted by molar-refractivity contribution is 5.99. The molecule has 1 amide bonds. The van der Waals surface area contributed by atoms with Crippen LogP contribution in [0.5, 0.6) is 0 Å². The number of H-pyrrole nitrogens is 1. The van der Waals surface area contributed by atoms with Crippen molar-refractivity contribution in [2.75, 3.05) is 12.3 Å². The highest BCUT2D eigenvalue weighted by Crippen LogP contribution is 2.03. The van der Waals surface area contributed by atoms with Gasteiger partial charge < -0.3 is 21.3 Å². The molecule has 1 unspecified atom stereocenters. The minimum absolute atomic E-state index is 0.177. The minimum atomic E-state index is -1.45. The van der Waals surface area contributed by atoms with Crippen molar-refractivity contribution in [3.8, 4) is 0 Å². The first-order chi connectivity index (χ1) is 7.95. The summed E-state index contributed by atoms with van der Waals surface area (Å²) >= 11 is 0. The van der Waals surface area contributed by atoms with Gasteiger partial charge in [0.15, 0.2) is 6.04 Å². The van der Waals surface area contributed by atoms with Gasteiger partial charge in [-0.25, -0.2) is 14.6 Å². The third-order valence-corrected chi connectivity index (χ3v) is 1.87. The number of carbonyl (C=O) groups excluding carboxylic acids is 1. The number of nitrogens with two attached hydrogens (primary N) is 1. The summed E-state index contributed by atoms with van der Waals surface area (Å²) in [5, 5.41) is 19.3. The van der Waals surface area contributed by atoms with Gasteiger partial charge in [-0.15, -0.1) is 0 Å². The van der Waals surface area contributed by atoms with Crippen LogP contribution in [0.2, 0.25) is 0 Å². The van der Waals surface area contributed by atoms with Crippen LogP contribution in [0.25, 0.3) is 0 Å². The summed E-state index contributed by atoms with van der Waals surface area (Å²) in [5.41, 5.74) is 4.45. The molecule has 0 spiro atoms. The zero-order chi connectivity index (χ0) is 13.0. The molecule has 0 aliphatic carbocycles. The monoisotopic (exact) mass is 242 g/mol. The summed E-state index contributed by atoms with van der Waals surface area (Å²) < 4.78 is 0. The van der Waals surface area contributed by atoms with Crippen molar-refractivity contribution in [2.24, 2.45) is 0 Å². The zero-order valence-corrected chi connectivity index (χ0v) is 8.51. The van der Waals surface area contributed by atoms with Crippen LogP contribution in [0.3, 0.4) is 0 Å². The molecular weight excluding hydrogens is 232 g/mol. The van der Waals surface area contributed by atoms with E-state index in [9.17, 15) is 14.4 Å². The van der Waals surface area contributed by atoms with Crippen molar-refractivity contribution in [3.05, 3.63) is 22.2 Å². The smallest absolute Gasteiger partial charge is 0.346 e. The summed E-state index contributed by atoms with van der Waals surface area (Å²) in [5.74, 6) is -2.48. The Bertz CT molecular complexity index is 497. The summed E-state index contributed by atoms with van der Waals surface area (Å²) in [6.07, 6.45) is 0.916. The molecule has 0 fully saturated rings. The lowest BCUT2D eigenvalue weighted by Crippen LogP contribution is -2.43. The van der Waals surface area contributed by atoms with E-state index in [-0.39, 0.29) is 11.4 Å². The van der Waals surface area contributed by atoms with Crippen molar-refractivity contribution in [1.29, 1.82) is 0 Å². The van der Waals surface area contributed by atoms with Gasteiger partial charge in [0.25, 0.3) is 5.91 Å². The third kappa shape index (κ3) is 3.01. The quantitative estimate of drug-likeness (QED) is 0.391. The maximum atomic E-state index is 11.5. The van der Waals surface area contributed by atoms with Crippen LogP contribution in [-0.2, 0) is 4.79 Å². The Morgan fingerprint density at radius 1 is 1.59 bits per heavy atom. The fraction of sp³-hybridized carbons (Fsp3) is 0.250. The molecule has 9 nitrogen and oxygen atoms in total. The number of aliphatic hydroxyl groups is 1. The van der Waals surface area contributed by atoms with Crippen molar-refractivity contribution in [2.45, 2.75) is 6.04 Å². The van der Waals surface area contributed by atoms with E-state index in [0.717, 1.165) is 6.20 Å². The summed E-state index contributed by atoms with van der Waals surface area (Å²) in [6.45, 7) is -0.766. The first-order valence-corrected chi connectivity index (χ1v) is 4.45. The molecule has 0 aliphatic rings. The fourth-order valence-corrected chi connectivity index (χ4v) is 1.01. The van der Waals surface area contributed by atoms with Gasteiger partial charge in [0.1, 0.15) is 5.82 Å². The number of carbonyl (C=O) groups is 2. The van der Waals surface area contributed by atoms with Crippen LogP contribution in [0.1, 0.15) is 10.4 Å². The Balaban J connectivity index is 2.90. The number of anilines is 1. The Labute approximate surface area is 94.3 Å². The van der Waals surface area contributed by atoms with E-state index in [1.54, 1.807) is 0 Å². The second-order valence-corrected chi connectivity index (χ2v) is 3.06. The molecule has 17 heavy (non-hydrogen) atoms. The van der Waals surface area contributed by atoms with Gasteiger partial charge in [-0.05, 0) is 0 Å². The Kier molecular flexibility index (Phi) is 3.78. The van der Waals surface area contributed by atoms with Gasteiger partial charge in [-0.1, -0.05) is 0 Å². The molecule has 1 heterocycles. The maximum absolute atomic E-state index is 11.5. The predicted molar refractivity (Wildman–Crippen MR) is 55.2 cm³/mol. The number of amides is 1. The highest BCUT2D eigenvalue weighted by atomic mass is 16.4. The number of nitrogen functional groups attached to an aromatic ring is 1. The largest absolute Gasteiger partial charge is 0.480 e. The average molecular weight is 242 g/mol. The lowest BCUT2D eigenvalue weighted by Gasteiger charge is -2.11. The van der Waals surface area contributed by atoms with Crippen molar-refractivity contribution >= 4 is 17.7 Å². The molecule has 9 heteroatoms. The van der Waals surface area contributed by atoms with Crippen molar-refractivity contribution in [3.63, 3.8) is 0 Å². The number of hydrogen-bond acceptors (Lipinski definition) is 6. The van der Waals surface area contributed by atoms with Gasteiger partial charge in [0, 0.05) is 6.20 Å². The number of rotatable bonds is 4. The molecule has 6 N–H and O–H groups in total. The topological polar surface area (TPSA) is 158 Å². The van der Waals surface area contributed by atoms with E-state index >= 15 is 0 Å². The van der Waals surface area contributed by atoms with Gasteiger partial charge >= 0.3 is 11.7 Å². The van der Waals surface area contributed by atoms with Crippen LogP contribution in [0.15, 0.2) is 11.0 Å². The normalized spacial score (nSPS) is 11.8. The van der Waals surface area contributed by atoms with Gasteiger partial charge in [0.2, 0.25) is 0 Å². The Hall–Kier alpha value is -2.42. The van der Waals surface area contributed by atoms with Gasteiger partial charge in [-0.3, -0.25) is 9.78 Å². The van der Waals surface area contributed by atoms with E-state index in [2.05, 4.69) is 9.97 Å². The number of nitrogens with one attached hydrogen (secondary N) is 2. The first-order valence-electron chi connectivity index (χ1n) is 4.45. The molecule has 1 rings (SSSR count).